The fourth-order valence-corrected chi connectivity index (χ4v) is 1.66. The second kappa shape index (κ2) is 6.46. The van der Waals surface area contributed by atoms with Crippen molar-refractivity contribution < 1.29 is 19.4 Å². The van der Waals surface area contributed by atoms with Gasteiger partial charge < -0.3 is 4.74 Å². The lowest BCUT2D eigenvalue weighted by Gasteiger charge is -2.10. The van der Waals surface area contributed by atoms with Crippen LogP contribution in [0.15, 0.2) is 54.6 Å². The van der Waals surface area contributed by atoms with Gasteiger partial charge in [-0.2, -0.15) is 5.84 Å². The third kappa shape index (κ3) is 3.25. The van der Waals surface area contributed by atoms with Crippen LogP contribution in [0.4, 0.5) is 0 Å². The van der Waals surface area contributed by atoms with Crippen molar-refractivity contribution in [2.24, 2.45) is 5.84 Å². The molecule has 0 fully saturated rings. The molecule has 8 heteroatoms. The molecule has 0 radical (unpaired) electrons. The summed E-state index contributed by atoms with van der Waals surface area (Å²) in [6.45, 7) is 0. The second-order valence-corrected chi connectivity index (χ2v) is 4.14. The lowest BCUT2D eigenvalue weighted by Crippen LogP contribution is -2.42. The highest BCUT2D eigenvalue weighted by Crippen LogP contribution is 2.20. The molecule has 112 valence electrons. The van der Waals surface area contributed by atoms with Crippen LogP contribution in [-0.2, 0) is 0 Å². The van der Waals surface area contributed by atoms with Gasteiger partial charge >= 0.3 is 11.9 Å². The molecule has 0 saturated carbocycles. The highest BCUT2D eigenvalue weighted by molar-refractivity contribution is 5.98. The molecule has 0 atom stereocenters. The van der Waals surface area contributed by atoms with Crippen molar-refractivity contribution in [1.82, 2.24) is 5.12 Å². The Kier molecular flexibility index (Phi) is 4.44. The lowest BCUT2D eigenvalue weighted by molar-refractivity contribution is -0.635. The zero-order chi connectivity index (χ0) is 16.1. The number of amides is 1. The average molecular weight is 301 g/mol. The van der Waals surface area contributed by atoms with Crippen LogP contribution in [0, 0.1) is 10.1 Å². The zero-order valence-corrected chi connectivity index (χ0v) is 11.2. The lowest BCUT2D eigenvalue weighted by atomic mass is 10.2. The minimum atomic E-state index is -1.10. The molecular weight excluding hydrogens is 290 g/mol. The molecule has 8 nitrogen and oxygen atoms in total. The molecule has 2 aromatic rings. The number of ether oxygens (including phenoxy) is 1. The number of hydrogen-bond donors (Lipinski definition) is 1. The predicted molar refractivity (Wildman–Crippen MR) is 75.2 cm³/mol. The number of hydrogen-bond acceptors (Lipinski definition) is 6. The van der Waals surface area contributed by atoms with Crippen molar-refractivity contribution in [3.8, 4) is 5.75 Å². The fraction of sp³-hybridized carbons (Fsp3) is 0. The number of nitrogens with two attached hydrogens (primary N) is 1. The molecule has 2 N–H and O–H groups in total. The molecule has 0 spiro atoms. The Morgan fingerprint density at radius 2 is 1.64 bits per heavy atom. The molecule has 0 bridgehead atoms. The van der Waals surface area contributed by atoms with Gasteiger partial charge in [-0.25, -0.2) is 14.9 Å². The van der Waals surface area contributed by atoms with E-state index in [2.05, 4.69) is 0 Å². The Labute approximate surface area is 124 Å². The van der Waals surface area contributed by atoms with Crippen molar-refractivity contribution in [3.63, 3.8) is 0 Å². The Hall–Kier alpha value is -3.26. The maximum absolute atomic E-state index is 12.0. The normalized spacial score (nSPS) is 9.86. The summed E-state index contributed by atoms with van der Waals surface area (Å²) in [5, 5.41) is 9.30. The minimum absolute atomic E-state index is 0.112. The Morgan fingerprint density at radius 3 is 2.27 bits per heavy atom. The molecule has 0 heterocycles. The number of hydrazine groups is 2. The van der Waals surface area contributed by atoms with E-state index in [4.69, 9.17) is 10.6 Å². The molecule has 2 rings (SSSR count). The van der Waals surface area contributed by atoms with Crippen LogP contribution in [0.25, 0.3) is 0 Å². The van der Waals surface area contributed by atoms with Crippen molar-refractivity contribution in [1.29, 1.82) is 0 Å². The first-order valence-electron chi connectivity index (χ1n) is 6.10. The second-order valence-electron chi connectivity index (χ2n) is 4.14. The summed E-state index contributed by atoms with van der Waals surface area (Å²) >= 11 is 0. The molecule has 0 unspecified atom stereocenters. The first-order valence-corrected chi connectivity index (χ1v) is 6.10. The maximum Gasteiger partial charge on any atom is 0.343 e. The van der Waals surface area contributed by atoms with Gasteiger partial charge in [-0.15, -0.1) is 0 Å². The van der Waals surface area contributed by atoms with E-state index in [1.54, 1.807) is 30.3 Å². The molecule has 22 heavy (non-hydrogen) atoms. The van der Waals surface area contributed by atoms with Crippen LogP contribution < -0.4 is 10.6 Å². The van der Waals surface area contributed by atoms with E-state index >= 15 is 0 Å². The van der Waals surface area contributed by atoms with Gasteiger partial charge in [0.1, 0.15) is 5.75 Å². The van der Waals surface area contributed by atoms with E-state index < -0.39 is 16.9 Å². The Morgan fingerprint density at radius 1 is 1.05 bits per heavy atom. The van der Waals surface area contributed by atoms with Crippen molar-refractivity contribution in [3.05, 3.63) is 75.8 Å². The van der Waals surface area contributed by atoms with E-state index in [0.717, 1.165) is 0 Å². The maximum atomic E-state index is 12.0. The van der Waals surface area contributed by atoms with E-state index in [0.29, 0.717) is 0 Å². The highest BCUT2D eigenvalue weighted by atomic mass is 16.7. The molecule has 0 aliphatic heterocycles. The molecule has 0 aromatic heterocycles. The minimum Gasteiger partial charge on any atom is -0.422 e. The molecule has 0 saturated heterocycles. The van der Waals surface area contributed by atoms with Gasteiger partial charge in [0.25, 0.3) is 0 Å². The van der Waals surface area contributed by atoms with Gasteiger partial charge in [0.15, 0.2) is 5.03 Å². The third-order valence-corrected chi connectivity index (χ3v) is 2.71. The van der Waals surface area contributed by atoms with Gasteiger partial charge in [0.2, 0.25) is 0 Å². The van der Waals surface area contributed by atoms with Crippen molar-refractivity contribution in [2.45, 2.75) is 0 Å². The largest absolute Gasteiger partial charge is 0.422 e. The Balaban J connectivity index is 2.28. The number of nitrogens with zero attached hydrogens (tertiary/aromatic N) is 2. The summed E-state index contributed by atoms with van der Waals surface area (Å²) in [5.74, 6) is 3.15. The standard InChI is InChI=1S/C14H11N3O5/c15-16(17(20)21)13(18)11-8-4-5-9-12(11)22-14(19)10-6-2-1-3-7-10/h1-9H,15H2. The summed E-state index contributed by atoms with van der Waals surface area (Å²) in [4.78, 5) is 34.4. The Bertz CT molecular complexity index is 717. The van der Waals surface area contributed by atoms with Crippen LogP contribution in [-0.4, -0.2) is 22.0 Å². The topological polar surface area (TPSA) is 116 Å². The van der Waals surface area contributed by atoms with E-state index in [9.17, 15) is 19.7 Å². The van der Waals surface area contributed by atoms with Gasteiger partial charge in [-0.3, -0.25) is 4.79 Å². The van der Waals surface area contributed by atoms with Gasteiger partial charge in [-0.1, -0.05) is 30.3 Å². The molecule has 0 aliphatic rings. The van der Waals surface area contributed by atoms with Crippen LogP contribution in [0.5, 0.6) is 5.75 Å². The highest BCUT2D eigenvalue weighted by Gasteiger charge is 2.26. The number of nitro groups is 1. The number of benzene rings is 2. The average Bonchev–Trinajstić information content (AvgIpc) is 2.54. The number of para-hydroxylation sites is 1. The van der Waals surface area contributed by atoms with E-state index in [1.807, 2.05) is 0 Å². The molecule has 0 aliphatic carbocycles. The first kappa shape index (κ1) is 15.1. The van der Waals surface area contributed by atoms with E-state index in [1.165, 1.54) is 24.3 Å². The predicted octanol–water partition coefficient (Wildman–Crippen LogP) is 1.41. The van der Waals surface area contributed by atoms with Crippen LogP contribution in [0.1, 0.15) is 20.7 Å². The number of rotatable bonds is 4. The molecular formula is C14H11N3O5. The summed E-state index contributed by atoms with van der Waals surface area (Å²) in [6.07, 6.45) is 0. The third-order valence-electron chi connectivity index (χ3n) is 2.71. The van der Waals surface area contributed by atoms with Crippen molar-refractivity contribution >= 4 is 11.9 Å². The summed E-state index contributed by atoms with van der Waals surface area (Å²) in [7, 11) is 0. The van der Waals surface area contributed by atoms with Crippen LogP contribution in [0.3, 0.4) is 0 Å². The fourth-order valence-electron chi connectivity index (χ4n) is 1.66. The summed E-state index contributed by atoms with van der Waals surface area (Å²) < 4.78 is 5.12. The zero-order valence-electron chi connectivity index (χ0n) is 11.2. The summed E-state index contributed by atoms with van der Waals surface area (Å²) in [6, 6.07) is 13.7. The summed E-state index contributed by atoms with van der Waals surface area (Å²) in [5.41, 5.74) is 0.0922. The SMILES string of the molecule is NN(C(=O)c1ccccc1OC(=O)c1ccccc1)[N+](=O)[O-]. The molecule has 1 amide bonds. The monoisotopic (exact) mass is 301 g/mol. The smallest absolute Gasteiger partial charge is 0.343 e. The number of carbonyl (C=O) groups excluding carboxylic acids is 2. The van der Waals surface area contributed by atoms with E-state index in [-0.39, 0.29) is 22.0 Å². The first-order chi connectivity index (χ1) is 10.5. The quantitative estimate of drug-likeness (QED) is 0.228. The van der Waals surface area contributed by atoms with Gasteiger partial charge in [0, 0.05) is 5.12 Å². The van der Waals surface area contributed by atoms with Gasteiger partial charge in [-0.05, 0) is 24.3 Å². The van der Waals surface area contributed by atoms with Crippen molar-refractivity contribution in [2.75, 3.05) is 0 Å². The molecule has 2 aromatic carbocycles. The van der Waals surface area contributed by atoms with Gasteiger partial charge in [0.05, 0.1) is 11.1 Å². The van der Waals surface area contributed by atoms with Crippen LogP contribution >= 0.6 is 0 Å². The number of esters is 1. The number of carbonyl (C=O) groups is 2. The van der Waals surface area contributed by atoms with Crippen LogP contribution in [0.2, 0.25) is 0 Å².